The van der Waals surface area contributed by atoms with Gasteiger partial charge in [-0.3, -0.25) is 4.79 Å². The highest BCUT2D eigenvalue weighted by molar-refractivity contribution is 5.92. The maximum absolute atomic E-state index is 11.5. The molecule has 0 aliphatic carbocycles. The molecule has 2 aromatic rings. The van der Waals surface area contributed by atoms with Crippen molar-refractivity contribution in [3.05, 3.63) is 42.1 Å². The fourth-order valence-electron chi connectivity index (χ4n) is 1.05. The van der Waals surface area contributed by atoms with Gasteiger partial charge in [0.2, 0.25) is 0 Å². The summed E-state index contributed by atoms with van der Waals surface area (Å²) in [6, 6.07) is 5.07. The monoisotopic (exact) mass is 176 g/mol. The lowest BCUT2D eigenvalue weighted by atomic mass is 10.4. The summed E-state index contributed by atoms with van der Waals surface area (Å²) in [5.41, 5.74) is 0. The maximum atomic E-state index is 11.5. The second-order valence-electron chi connectivity index (χ2n) is 2.67. The molecule has 0 saturated heterocycles. The maximum Gasteiger partial charge on any atom is 0.313 e. The molecule has 0 atom stereocenters. The molecule has 0 bridgehead atoms. The molecule has 2 heterocycles. The van der Waals surface area contributed by atoms with Crippen LogP contribution in [-0.2, 0) is 0 Å². The van der Waals surface area contributed by atoms with E-state index in [1.165, 1.54) is 4.68 Å². The van der Waals surface area contributed by atoms with Crippen LogP contribution in [0.3, 0.4) is 0 Å². The van der Waals surface area contributed by atoms with Gasteiger partial charge < -0.3 is 4.42 Å². The Labute approximate surface area is 74.8 Å². The summed E-state index contributed by atoms with van der Waals surface area (Å²) in [6.45, 7) is 1.79. The van der Waals surface area contributed by atoms with E-state index >= 15 is 0 Å². The van der Waals surface area contributed by atoms with Gasteiger partial charge in [-0.05, 0) is 25.1 Å². The van der Waals surface area contributed by atoms with Crippen molar-refractivity contribution >= 4 is 5.91 Å². The largest absolute Gasteiger partial charge is 0.456 e. The number of aryl methyl sites for hydroxylation is 1. The van der Waals surface area contributed by atoms with Crippen LogP contribution < -0.4 is 0 Å². The molecule has 0 amide bonds. The molecule has 4 heteroatoms. The highest BCUT2D eigenvalue weighted by Gasteiger charge is 2.11. The van der Waals surface area contributed by atoms with Crippen molar-refractivity contribution in [3.63, 3.8) is 0 Å². The van der Waals surface area contributed by atoms with E-state index in [-0.39, 0.29) is 5.91 Å². The number of rotatable bonds is 1. The van der Waals surface area contributed by atoms with Gasteiger partial charge in [0.05, 0.1) is 0 Å². The Morgan fingerprint density at radius 2 is 2.38 bits per heavy atom. The Bertz CT molecular complexity index is 415. The summed E-state index contributed by atoms with van der Waals surface area (Å²) in [5.74, 6) is 0.773. The predicted octanol–water partition coefficient (Wildman–Crippen LogP) is 1.47. The summed E-state index contributed by atoms with van der Waals surface area (Å²) in [7, 11) is 0. The highest BCUT2D eigenvalue weighted by atomic mass is 16.3. The zero-order valence-electron chi connectivity index (χ0n) is 7.10. The summed E-state index contributed by atoms with van der Waals surface area (Å²) in [6.07, 6.45) is 3.13. The number of nitrogens with zero attached hydrogens (tertiary/aromatic N) is 2. The van der Waals surface area contributed by atoms with E-state index in [0.29, 0.717) is 5.76 Å². The first-order valence-corrected chi connectivity index (χ1v) is 3.88. The van der Waals surface area contributed by atoms with Crippen LogP contribution in [-0.4, -0.2) is 15.7 Å². The van der Waals surface area contributed by atoms with Crippen LogP contribution in [0.1, 0.15) is 16.3 Å². The zero-order chi connectivity index (χ0) is 9.26. The van der Waals surface area contributed by atoms with Crippen LogP contribution in [0.5, 0.6) is 0 Å². The molecule has 0 N–H and O–H groups in total. The molecule has 4 nitrogen and oxygen atoms in total. The third-order valence-corrected chi connectivity index (χ3v) is 1.66. The highest BCUT2D eigenvalue weighted by Crippen LogP contribution is 2.07. The lowest BCUT2D eigenvalue weighted by Gasteiger charge is -1.94. The molecule has 0 unspecified atom stereocenters. The van der Waals surface area contributed by atoms with Gasteiger partial charge in [-0.2, -0.15) is 5.10 Å². The second-order valence-corrected chi connectivity index (χ2v) is 2.67. The number of carbonyl (C=O) groups is 1. The van der Waals surface area contributed by atoms with E-state index in [1.54, 1.807) is 37.5 Å². The van der Waals surface area contributed by atoms with Crippen molar-refractivity contribution in [2.45, 2.75) is 6.92 Å². The van der Waals surface area contributed by atoms with E-state index in [1.807, 2.05) is 0 Å². The minimum Gasteiger partial charge on any atom is -0.456 e. The lowest BCUT2D eigenvalue weighted by Crippen LogP contribution is -2.11. The summed E-state index contributed by atoms with van der Waals surface area (Å²) >= 11 is 0. The molecule has 0 radical (unpaired) electrons. The minimum atomic E-state index is -0.252. The van der Waals surface area contributed by atoms with E-state index in [9.17, 15) is 4.79 Å². The quantitative estimate of drug-likeness (QED) is 0.661. The first kappa shape index (κ1) is 7.79. The third-order valence-electron chi connectivity index (χ3n) is 1.66. The molecule has 2 rings (SSSR count). The van der Waals surface area contributed by atoms with Gasteiger partial charge in [-0.15, -0.1) is 0 Å². The standard InChI is InChI=1S/C9H8N2O2/c1-7-3-4-8(13-7)9(12)11-6-2-5-10-11/h2-6H,1H3. The number of carbonyl (C=O) groups excluding carboxylic acids is 1. The van der Waals surface area contributed by atoms with Crippen molar-refractivity contribution in [1.29, 1.82) is 0 Å². The van der Waals surface area contributed by atoms with Crippen LogP contribution in [0, 0.1) is 6.92 Å². The molecular weight excluding hydrogens is 168 g/mol. The van der Waals surface area contributed by atoms with Gasteiger partial charge in [-0.25, -0.2) is 4.68 Å². The Balaban J connectivity index is 2.33. The molecule has 2 aromatic heterocycles. The lowest BCUT2D eigenvalue weighted by molar-refractivity contribution is 0.0916. The molecule has 0 saturated carbocycles. The normalized spacial score (nSPS) is 10.2. The van der Waals surface area contributed by atoms with Gasteiger partial charge in [-0.1, -0.05) is 0 Å². The molecule has 13 heavy (non-hydrogen) atoms. The molecule has 66 valence electrons. The van der Waals surface area contributed by atoms with E-state index in [4.69, 9.17) is 4.42 Å². The van der Waals surface area contributed by atoms with Crippen LogP contribution in [0.2, 0.25) is 0 Å². The van der Waals surface area contributed by atoms with Crippen LogP contribution in [0.15, 0.2) is 35.0 Å². The molecule has 0 aliphatic rings. The SMILES string of the molecule is Cc1ccc(C(=O)n2cccn2)o1. The Kier molecular flexibility index (Phi) is 1.73. The van der Waals surface area contributed by atoms with Gasteiger partial charge in [0.15, 0.2) is 5.76 Å². The molecule has 0 aromatic carbocycles. The zero-order valence-corrected chi connectivity index (χ0v) is 7.10. The first-order valence-electron chi connectivity index (χ1n) is 3.88. The average molecular weight is 176 g/mol. The number of furan rings is 1. The Morgan fingerprint density at radius 1 is 1.54 bits per heavy atom. The topological polar surface area (TPSA) is 48.0 Å². The fourth-order valence-corrected chi connectivity index (χ4v) is 1.05. The minimum absolute atomic E-state index is 0.252. The van der Waals surface area contributed by atoms with Crippen LogP contribution >= 0.6 is 0 Å². The van der Waals surface area contributed by atoms with Crippen molar-refractivity contribution < 1.29 is 9.21 Å². The predicted molar refractivity (Wildman–Crippen MR) is 45.4 cm³/mol. The van der Waals surface area contributed by atoms with Crippen molar-refractivity contribution in [1.82, 2.24) is 9.78 Å². The second kappa shape index (κ2) is 2.90. The van der Waals surface area contributed by atoms with Crippen molar-refractivity contribution in [3.8, 4) is 0 Å². The van der Waals surface area contributed by atoms with E-state index in [2.05, 4.69) is 5.10 Å². The Morgan fingerprint density at radius 3 is 2.92 bits per heavy atom. The van der Waals surface area contributed by atoms with Gasteiger partial charge in [0.1, 0.15) is 5.76 Å². The van der Waals surface area contributed by atoms with Crippen molar-refractivity contribution in [2.75, 3.05) is 0 Å². The average Bonchev–Trinajstić information content (AvgIpc) is 2.72. The Hall–Kier alpha value is -1.84. The van der Waals surface area contributed by atoms with E-state index in [0.717, 1.165) is 5.76 Å². The summed E-state index contributed by atoms with van der Waals surface area (Å²) in [5, 5.41) is 3.81. The molecular formula is C9H8N2O2. The van der Waals surface area contributed by atoms with Crippen LogP contribution in [0.25, 0.3) is 0 Å². The number of aromatic nitrogens is 2. The number of hydrogen-bond acceptors (Lipinski definition) is 3. The fraction of sp³-hybridized carbons (Fsp3) is 0.111. The van der Waals surface area contributed by atoms with Gasteiger partial charge in [0, 0.05) is 12.4 Å². The summed E-state index contributed by atoms with van der Waals surface area (Å²) < 4.78 is 6.39. The summed E-state index contributed by atoms with van der Waals surface area (Å²) in [4.78, 5) is 11.5. The van der Waals surface area contributed by atoms with Gasteiger partial charge in [0.25, 0.3) is 0 Å². The molecule has 0 fully saturated rings. The van der Waals surface area contributed by atoms with Crippen molar-refractivity contribution in [2.24, 2.45) is 0 Å². The van der Waals surface area contributed by atoms with Gasteiger partial charge >= 0.3 is 5.91 Å². The van der Waals surface area contributed by atoms with Crippen LogP contribution in [0.4, 0.5) is 0 Å². The number of hydrogen-bond donors (Lipinski definition) is 0. The molecule has 0 spiro atoms. The van der Waals surface area contributed by atoms with E-state index < -0.39 is 0 Å². The first-order chi connectivity index (χ1) is 6.27. The molecule has 0 aliphatic heterocycles. The smallest absolute Gasteiger partial charge is 0.313 e. The third kappa shape index (κ3) is 1.38.